The summed E-state index contributed by atoms with van der Waals surface area (Å²) in [5, 5.41) is 9.46. The molecule has 4 rings (SSSR count). The summed E-state index contributed by atoms with van der Waals surface area (Å²) in [6.07, 6.45) is 4.53. The number of nitrogens with zero attached hydrogens (tertiary/aromatic N) is 6. The van der Waals surface area contributed by atoms with Gasteiger partial charge in [0.25, 0.3) is 5.56 Å². The average molecular weight is 391 g/mol. The molecule has 29 heavy (non-hydrogen) atoms. The van der Waals surface area contributed by atoms with Crippen LogP contribution in [-0.2, 0) is 13.1 Å². The van der Waals surface area contributed by atoms with Gasteiger partial charge in [0, 0.05) is 25.7 Å². The van der Waals surface area contributed by atoms with E-state index in [1.807, 2.05) is 22.8 Å². The molecule has 1 aliphatic heterocycles. The summed E-state index contributed by atoms with van der Waals surface area (Å²) < 4.78 is 3.57. The Kier molecular flexibility index (Phi) is 5.32. The summed E-state index contributed by atoms with van der Waals surface area (Å²) in [4.78, 5) is 24.7. The summed E-state index contributed by atoms with van der Waals surface area (Å²) in [6.45, 7) is 4.56. The van der Waals surface area contributed by atoms with Crippen LogP contribution in [0.1, 0.15) is 37.3 Å². The maximum Gasteiger partial charge on any atom is 0.283 e. The highest BCUT2D eigenvalue weighted by Gasteiger charge is 2.24. The van der Waals surface area contributed by atoms with Crippen molar-refractivity contribution in [3.63, 3.8) is 0 Å². The highest BCUT2D eigenvalue weighted by atomic mass is 16.1. The smallest absolute Gasteiger partial charge is 0.283 e. The lowest BCUT2D eigenvalue weighted by molar-refractivity contribution is 0.491. The van der Waals surface area contributed by atoms with Crippen molar-refractivity contribution in [1.29, 1.82) is 5.26 Å². The van der Waals surface area contributed by atoms with Crippen LogP contribution in [0.15, 0.2) is 35.4 Å². The van der Waals surface area contributed by atoms with Crippen LogP contribution in [0.2, 0.25) is 0 Å². The molecule has 3 aromatic rings. The van der Waals surface area contributed by atoms with Crippen LogP contribution >= 0.6 is 0 Å². The molecule has 8 nitrogen and oxygen atoms in total. The molecule has 0 spiro atoms. The summed E-state index contributed by atoms with van der Waals surface area (Å²) in [5.41, 5.74) is 8.32. The molecule has 0 radical (unpaired) electrons. The lowest BCUT2D eigenvalue weighted by Gasteiger charge is -2.33. The van der Waals surface area contributed by atoms with E-state index in [1.54, 1.807) is 17.0 Å². The lowest BCUT2D eigenvalue weighted by Crippen LogP contribution is -2.45. The summed E-state index contributed by atoms with van der Waals surface area (Å²) in [5.74, 6) is 0.600. The van der Waals surface area contributed by atoms with Crippen molar-refractivity contribution < 1.29 is 0 Å². The number of piperidine rings is 1. The van der Waals surface area contributed by atoms with Gasteiger partial charge in [0.2, 0.25) is 5.95 Å². The Morgan fingerprint density at radius 3 is 2.93 bits per heavy atom. The van der Waals surface area contributed by atoms with Crippen molar-refractivity contribution in [3.8, 4) is 6.07 Å². The minimum absolute atomic E-state index is 0.0525. The van der Waals surface area contributed by atoms with Crippen molar-refractivity contribution in [2.75, 3.05) is 18.0 Å². The number of hydrogen-bond donors (Lipinski definition) is 1. The van der Waals surface area contributed by atoms with Crippen LogP contribution in [0.5, 0.6) is 0 Å². The van der Waals surface area contributed by atoms with Crippen molar-refractivity contribution in [3.05, 3.63) is 52.1 Å². The molecule has 150 valence electrons. The first kappa shape index (κ1) is 19.2. The maximum atomic E-state index is 13.4. The van der Waals surface area contributed by atoms with Gasteiger partial charge in [-0.05, 0) is 30.9 Å². The quantitative estimate of drug-likeness (QED) is 0.711. The fourth-order valence-corrected chi connectivity index (χ4v) is 3.94. The van der Waals surface area contributed by atoms with Crippen molar-refractivity contribution >= 4 is 17.1 Å². The molecule has 1 fully saturated rings. The third-order valence-corrected chi connectivity index (χ3v) is 5.38. The van der Waals surface area contributed by atoms with Gasteiger partial charge in [-0.15, -0.1) is 0 Å². The minimum atomic E-state index is -0.188. The van der Waals surface area contributed by atoms with Gasteiger partial charge in [-0.2, -0.15) is 10.2 Å². The van der Waals surface area contributed by atoms with E-state index < -0.39 is 0 Å². The van der Waals surface area contributed by atoms with Crippen molar-refractivity contribution in [2.24, 2.45) is 5.73 Å². The van der Waals surface area contributed by atoms with Crippen LogP contribution in [0.3, 0.4) is 0 Å². The predicted molar refractivity (Wildman–Crippen MR) is 112 cm³/mol. The van der Waals surface area contributed by atoms with E-state index in [-0.39, 0.29) is 18.1 Å². The van der Waals surface area contributed by atoms with Crippen LogP contribution in [0.25, 0.3) is 11.2 Å². The molecule has 1 aromatic carbocycles. The Morgan fingerprint density at radius 2 is 2.17 bits per heavy atom. The number of anilines is 1. The van der Waals surface area contributed by atoms with Gasteiger partial charge in [-0.1, -0.05) is 25.1 Å². The Morgan fingerprint density at radius 1 is 1.34 bits per heavy atom. The van der Waals surface area contributed by atoms with Crippen LogP contribution < -0.4 is 16.2 Å². The second-order valence-corrected chi connectivity index (χ2v) is 7.53. The van der Waals surface area contributed by atoms with Crippen LogP contribution in [-0.4, -0.2) is 38.2 Å². The van der Waals surface area contributed by atoms with E-state index in [2.05, 4.69) is 22.9 Å². The Bertz CT molecular complexity index is 1120. The van der Waals surface area contributed by atoms with E-state index in [1.165, 1.54) is 0 Å². The zero-order valence-electron chi connectivity index (χ0n) is 16.6. The van der Waals surface area contributed by atoms with Gasteiger partial charge in [-0.25, -0.2) is 4.98 Å². The van der Waals surface area contributed by atoms with E-state index in [0.717, 1.165) is 37.9 Å². The Balaban J connectivity index is 1.89. The highest BCUT2D eigenvalue weighted by Crippen LogP contribution is 2.21. The molecule has 3 heterocycles. The van der Waals surface area contributed by atoms with Gasteiger partial charge in [0.15, 0.2) is 11.2 Å². The van der Waals surface area contributed by atoms with E-state index in [0.29, 0.717) is 29.2 Å². The summed E-state index contributed by atoms with van der Waals surface area (Å²) in [7, 11) is 0. The summed E-state index contributed by atoms with van der Waals surface area (Å²) >= 11 is 0. The predicted octanol–water partition coefficient (Wildman–Crippen LogP) is 1.85. The molecule has 0 unspecified atom stereocenters. The molecule has 0 saturated carbocycles. The number of aryl methyl sites for hydroxylation is 1. The Labute approximate surface area is 169 Å². The summed E-state index contributed by atoms with van der Waals surface area (Å²) in [6, 6.07) is 9.59. The lowest BCUT2D eigenvalue weighted by atomic mass is 10.1. The number of imidazole rings is 1. The minimum Gasteiger partial charge on any atom is -0.341 e. The first-order valence-electron chi connectivity index (χ1n) is 10.1. The number of fused-ring (bicyclic) bond motifs is 1. The second-order valence-electron chi connectivity index (χ2n) is 7.53. The molecular weight excluding hydrogens is 366 g/mol. The third-order valence-electron chi connectivity index (χ3n) is 5.38. The molecule has 0 bridgehead atoms. The normalized spacial score (nSPS) is 16.9. The van der Waals surface area contributed by atoms with Gasteiger partial charge in [-0.3, -0.25) is 9.36 Å². The molecule has 1 atom stereocenters. The second kappa shape index (κ2) is 8.05. The topological polar surface area (TPSA) is 106 Å². The number of nitrogens with two attached hydrogens (primary N) is 1. The van der Waals surface area contributed by atoms with Gasteiger partial charge in [0.1, 0.15) is 0 Å². The van der Waals surface area contributed by atoms with Gasteiger partial charge >= 0.3 is 0 Å². The number of rotatable bonds is 5. The van der Waals surface area contributed by atoms with Crippen LogP contribution in [0.4, 0.5) is 5.95 Å². The zero-order chi connectivity index (χ0) is 20.4. The van der Waals surface area contributed by atoms with E-state index in [4.69, 9.17) is 10.7 Å². The first-order valence-corrected chi connectivity index (χ1v) is 10.1. The molecule has 1 saturated heterocycles. The number of nitriles is 1. The van der Waals surface area contributed by atoms with E-state index >= 15 is 0 Å². The fraction of sp³-hybridized carbons (Fsp3) is 0.429. The van der Waals surface area contributed by atoms with Crippen molar-refractivity contribution in [1.82, 2.24) is 19.1 Å². The molecule has 0 aliphatic carbocycles. The zero-order valence-corrected chi connectivity index (χ0v) is 16.6. The van der Waals surface area contributed by atoms with Crippen molar-refractivity contribution in [2.45, 2.75) is 45.3 Å². The number of hydrogen-bond acceptors (Lipinski definition) is 6. The monoisotopic (exact) mass is 391 g/mol. The molecule has 2 N–H and O–H groups in total. The number of benzene rings is 1. The maximum absolute atomic E-state index is 13.4. The fourth-order valence-electron chi connectivity index (χ4n) is 3.94. The average Bonchev–Trinajstić information content (AvgIpc) is 3.13. The first-order chi connectivity index (χ1) is 14.1. The molecule has 8 heteroatoms. The molecule has 2 aromatic heterocycles. The molecular formula is C21H25N7O. The largest absolute Gasteiger partial charge is 0.341 e. The van der Waals surface area contributed by atoms with E-state index in [9.17, 15) is 10.1 Å². The Hall–Kier alpha value is -3.18. The molecule has 1 aliphatic rings. The third kappa shape index (κ3) is 3.61. The van der Waals surface area contributed by atoms with Crippen LogP contribution in [0, 0.1) is 11.3 Å². The molecule has 0 amide bonds. The SMILES string of the molecule is CCCn1cnc2c(=O)n(Cc3ccccc3C#N)c(N3CCC[C@@H](N)C3)nc21. The standard InChI is InChI=1S/C21H25N7O/c1-2-9-27-14-24-18-19(27)25-21(26-10-5-8-17(23)13-26)28(20(18)29)12-16-7-4-3-6-15(16)11-22/h3-4,6-7,14,17H,2,5,8-10,12-13,23H2,1H3/t17-/m1/s1. The van der Waals surface area contributed by atoms with Gasteiger partial charge in [0.05, 0.1) is 24.5 Å². The highest BCUT2D eigenvalue weighted by molar-refractivity contribution is 5.71. The van der Waals surface area contributed by atoms with Gasteiger partial charge < -0.3 is 15.2 Å². The number of aromatic nitrogens is 4.